The Kier molecular flexibility index (Phi) is 9.10. The van der Waals surface area contributed by atoms with Gasteiger partial charge in [0.25, 0.3) is 0 Å². The van der Waals surface area contributed by atoms with E-state index in [2.05, 4.69) is 22.2 Å². The lowest BCUT2D eigenvalue weighted by molar-refractivity contribution is 0.266. The van der Waals surface area contributed by atoms with Crippen LogP contribution in [0.2, 0.25) is 5.15 Å². The molecular formula is C15H27ClN4O. The fourth-order valence-electron chi connectivity index (χ4n) is 2.24. The molecule has 1 unspecified atom stereocenters. The molecule has 0 fully saturated rings. The summed E-state index contributed by atoms with van der Waals surface area (Å²) in [7, 11) is 0. The molecule has 6 heteroatoms. The summed E-state index contributed by atoms with van der Waals surface area (Å²) in [6.45, 7) is 2.28. The van der Waals surface area contributed by atoms with Crippen molar-refractivity contribution in [2.24, 2.45) is 0 Å². The van der Waals surface area contributed by atoms with Crippen molar-refractivity contribution < 1.29 is 5.11 Å². The average molecular weight is 315 g/mol. The molecule has 120 valence electrons. The molecule has 0 saturated heterocycles. The summed E-state index contributed by atoms with van der Waals surface area (Å²) in [4.78, 5) is 7.87. The molecule has 1 atom stereocenters. The van der Waals surface area contributed by atoms with Crippen LogP contribution in [0.25, 0.3) is 0 Å². The van der Waals surface area contributed by atoms with Gasteiger partial charge in [-0.1, -0.05) is 63.5 Å². The molecule has 1 aromatic heterocycles. The second kappa shape index (κ2) is 10.6. The summed E-state index contributed by atoms with van der Waals surface area (Å²) >= 11 is 5.85. The fourth-order valence-corrected chi connectivity index (χ4v) is 2.37. The summed E-state index contributed by atoms with van der Waals surface area (Å²) in [5.41, 5.74) is 6.14. The minimum atomic E-state index is -0.0473. The molecule has 0 aliphatic rings. The van der Waals surface area contributed by atoms with Crippen LogP contribution in [-0.2, 0) is 0 Å². The van der Waals surface area contributed by atoms with Gasteiger partial charge in [0.2, 0.25) is 0 Å². The maximum Gasteiger partial charge on any atom is 0.157 e. The Labute approximate surface area is 132 Å². The molecule has 0 bridgehead atoms. The number of hydrogen-bond acceptors (Lipinski definition) is 5. The molecule has 0 aliphatic heterocycles. The monoisotopic (exact) mass is 314 g/mol. The van der Waals surface area contributed by atoms with Crippen LogP contribution in [-0.4, -0.2) is 27.7 Å². The van der Waals surface area contributed by atoms with Gasteiger partial charge < -0.3 is 16.2 Å². The smallest absolute Gasteiger partial charge is 0.157 e. The quantitative estimate of drug-likeness (QED) is 0.429. The zero-order valence-corrected chi connectivity index (χ0v) is 13.6. The normalized spacial score (nSPS) is 12.3. The Morgan fingerprint density at radius 1 is 1.19 bits per heavy atom. The highest BCUT2D eigenvalue weighted by molar-refractivity contribution is 6.32. The first-order valence-corrected chi connectivity index (χ1v) is 8.20. The van der Waals surface area contributed by atoms with Gasteiger partial charge in [0, 0.05) is 0 Å². The number of halogens is 1. The van der Waals surface area contributed by atoms with E-state index in [9.17, 15) is 5.11 Å². The molecule has 0 saturated carbocycles. The second-order valence-electron chi connectivity index (χ2n) is 5.36. The molecule has 21 heavy (non-hydrogen) atoms. The van der Waals surface area contributed by atoms with E-state index in [-0.39, 0.29) is 17.8 Å². The molecule has 0 spiro atoms. The minimum Gasteiger partial charge on any atom is -0.394 e. The predicted molar refractivity (Wildman–Crippen MR) is 88.6 cm³/mol. The van der Waals surface area contributed by atoms with Crippen molar-refractivity contribution in [2.45, 2.75) is 64.3 Å². The number of hydrogen-bond donors (Lipinski definition) is 3. The number of nitrogens with two attached hydrogens (primary N) is 1. The predicted octanol–water partition coefficient (Wildman–Crippen LogP) is 3.63. The van der Waals surface area contributed by atoms with E-state index in [0.717, 1.165) is 12.8 Å². The topological polar surface area (TPSA) is 84.1 Å². The highest BCUT2D eigenvalue weighted by Crippen LogP contribution is 2.23. The molecule has 0 radical (unpaired) electrons. The van der Waals surface area contributed by atoms with Crippen LogP contribution >= 0.6 is 11.6 Å². The fraction of sp³-hybridized carbons (Fsp3) is 0.733. The summed E-state index contributed by atoms with van der Waals surface area (Å²) in [6, 6.07) is -0.0473. The van der Waals surface area contributed by atoms with E-state index in [1.54, 1.807) is 0 Å². The number of nitrogens with one attached hydrogen (secondary N) is 1. The third-order valence-corrected chi connectivity index (χ3v) is 3.85. The maximum absolute atomic E-state index is 9.44. The van der Waals surface area contributed by atoms with Gasteiger partial charge >= 0.3 is 0 Å². The van der Waals surface area contributed by atoms with E-state index >= 15 is 0 Å². The lowest BCUT2D eigenvalue weighted by Crippen LogP contribution is -2.25. The third-order valence-electron chi connectivity index (χ3n) is 3.55. The van der Waals surface area contributed by atoms with Gasteiger partial charge in [-0.05, 0) is 6.42 Å². The SMILES string of the molecule is CCCCCCCCCC(CO)Nc1ncnc(Cl)c1N. The first-order chi connectivity index (χ1) is 10.2. The minimum absolute atomic E-state index is 0.0473. The molecule has 0 aliphatic carbocycles. The van der Waals surface area contributed by atoms with Crippen LogP contribution in [0.4, 0.5) is 11.5 Å². The highest BCUT2D eigenvalue weighted by atomic mass is 35.5. The van der Waals surface area contributed by atoms with Crippen molar-refractivity contribution in [1.29, 1.82) is 0 Å². The highest BCUT2D eigenvalue weighted by Gasteiger charge is 2.12. The van der Waals surface area contributed by atoms with Crippen LogP contribution in [0.3, 0.4) is 0 Å². The molecule has 1 rings (SSSR count). The number of aliphatic hydroxyl groups excluding tert-OH is 1. The number of nitrogen functional groups attached to an aromatic ring is 1. The van der Waals surface area contributed by atoms with Crippen molar-refractivity contribution in [3.05, 3.63) is 11.5 Å². The van der Waals surface area contributed by atoms with E-state index < -0.39 is 0 Å². The number of anilines is 2. The van der Waals surface area contributed by atoms with Gasteiger partial charge in [-0.25, -0.2) is 9.97 Å². The van der Waals surface area contributed by atoms with Crippen LogP contribution < -0.4 is 11.1 Å². The van der Waals surface area contributed by atoms with Crippen molar-refractivity contribution in [2.75, 3.05) is 17.7 Å². The van der Waals surface area contributed by atoms with Gasteiger partial charge in [-0.15, -0.1) is 0 Å². The Hall–Kier alpha value is -1.07. The molecule has 5 nitrogen and oxygen atoms in total. The third kappa shape index (κ3) is 6.96. The Bertz CT molecular complexity index is 403. The van der Waals surface area contributed by atoms with Crippen LogP contribution in [0, 0.1) is 0 Å². The lowest BCUT2D eigenvalue weighted by Gasteiger charge is -2.18. The summed E-state index contributed by atoms with van der Waals surface area (Å²) in [5.74, 6) is 0.497. The van der Waals surface area contributed by atoms with E-state index in [4.69, 9.17) is 17.3 Å². The first-order valence-electron chi connectivity index (χ1n) is 7.82. The zero-order chi connectivity index (χ0) is 15.5. The first kappa shape index (κ1) is 18.0. The lowest BCUT2D eigenvalue weighted by atomic mass is 10.1. The zero-order valence-electron chi connectivity index (χ0n) is 12.8. The van der Waals surface area contributed by atoms with Gasteiger partial charge in [0.05, 0.1) is 12.6 Å². The van der Waals surface area contributed by atoms with E-state index in [0.29, 0.717) is 11.5 Å². The largest absolute Gasteiger partial charge is 0.394 e. The molecule has 0 amide bonds. The average Bonchev–Trinajstić information content (AvgIpc) is 2.49. The molecule has 4 N–H and O–H groups in total. The summed E-state index contributed by atoms with van der Waals surface area (Å²) in [5, 5.41) is 12.8. The van der Waals surface area contributed by atoms with Gasteiger partial charge in [-0.2, -0.15) is 0 Å². The molecule has 1 heterocycles. The van der Waals surface area contributed by atoms with Gasteiger partial charge in [-0.3, -0.25) is 0 Å². The van der Waals surface area contributed by atoms with Crippen molar-refractivity contribution in [3.63, 3.8) is 0 Å². The van der Waals surface area contributed by atoms with Crippen molar-refractivity contribution in [3.8, 4) is 0 Å². The maximum atomic E-state index is 9.44. The number of unbranched alkanes of at least 4 members (excludes halogenated alkanes) is 6. The molecule has 1 aromatic rings. The van der Waals surface area contributed by atoms with E-state index in [1.165, 1.54) is 44.9 Å². The van der Waals surface area contributed by atoms with Crippen molar-refractivity contribution in [1.82, 2.24) is 9.97 Å². The summed E-state index contributed by atoms with van der Waals surface area (Å²) < 4.78 is 0. The number of nitrogens with zero attached hydrogens (tertiary/aromatic N) is 2. The summed E-state index contributed by atoms with van der Waals surface area (Å²) in [6.07, 6.45) is 11.0. The second-order valence-corrected chi connectivity index (χ2v) is 5.72. The Morgan fingerprint density at radius 3 is 2.52 bits per heavy atom. The Balaban J connectivity index is 2.27. The standard InChI is InChI=1S/C15H27ClN4O/c1-2-3-4-5-6-7-8-9-12(10-21)20-15-13(17)14(16)18-11-19-15/h11-12,21H,2-10,17H2,1H3,(H,18,19,20). The molecule has 0 aromatic carbocycles. The van der Waals surface area contributed by atoms with Gasteiger partial charge in [0.1, 0.15) is 12.0 Å². The molecular weight excluding hydrogens is 288 g/mol. The number of aromatic nitrogens is 2. The van der Waals surface area contributed by atoms with Crippen molar-refractivity contribution >= 4 is 23.1 Å². The Morgan fingerprint density at radius 2 is 1.86 bits per heavy atom. The van der Waals surface area contributed by atoms with Crippen LogP contribution in [0.5, 0.6) is 0 Å². The van der Waals surface area contributed by atoms with E-state index in [1.807, 2.05) is 0 Å². The number of aliphatic hydroxyl groups is 1. The van der Waals surface area contributed by atoms with Crippen LogP contribution in [0.15, 0.2) is 6.33 Å². The number of rotatable bonds is 11. The van der Waals surface area contributed by atoms with Gasteiger partial charge in [0.15, 0.2) is 11.0 Å². The van der Waals surface area contributed by atoms with Crippen LogP contribution in [0.1, 0.15) is 58.3 Å².